The summed E-state index contributed by atoms with van der Waals surface area (Å²) in [5.74, 6) is -0.0227. The van der Waals surface area contributed by atoms with E-state index in [-0.39, 0.29) is 36.1 Å². The molecule has 0 amide bonds. The monoisotopic (exact) mass is 424 g/mol. The Kier molecular flexibility index (Phi) is 5.43. The fourth-order valence-corrected chi connectivity index (χ4v) is 3.88. The number of imidazole rings is 1. The Balaban J connectivity index is 1.97. The van der Waals surface area contributed by atoms with Crippen molar-refractivity contribution >= 4 is 16.9 Å². The van der Waals surface area contributed by atoms with E-state index in [1.54, 1.807) is 4.57 Å². The van der Waals surface area contributed by atoms with Crippen LogP contribution in [0.3, 0.4) is 0 Å². The number of carbonyl (C=O) groups is 1. The van der Waals surface area contributed by atoms with E-state index >= 15 is 0 Å². The minimum Gasteiger partial charge on any atom is -0.376 e. The van der Waals surface area contributed by atoms with Crippen LogP contribution in [0.15, 0.2) is 40.2 Å². The number of ketones is 1. The van der Waals surface area contributed by atoms with E-state index in [4.69, 9.17) is 4.74 Å². The molecule has 1 aliphatic heterocycles. The normalized spacial score (nSPS) is 16.8. The van der Waals surface area contributed by atoms with Crippen molar-refractivity contribution in [1.82, 2.24) is 18.7 Å². The number of nitrogens with zero attached hydrogens (tertiary/aromatic N) is 4. The summed E-state index contributed by atoms with van der Waals surface area (Å²) in [6, 6.07) is 7.47. The standard InChI is InChI=1S/C23H28N4O4/c1-15-8-5-6-10-17(15)27-20-19(25(14-24-20)13-18(28)23(2,3)4)21(29)26(22(27)30)12-16-9-7-11-31-16/h5-6,8,10,14,16H,7,9,11-13H2,1-4H3/t16-/m0/s1. The topological polar surface area (TPSA) is 88.1 Å². The largest absolute Gasteiger partial charge is 0.376 e. The summed E-state index contributed by atoms with van der Waals surface area (Å²) >= 11 is 0. The summed E-state index contributed by atoms with van der Waals surface area (Å²) in [6.07, 6.45) is 3.00. The number of carbonyl (C=O) groups excluding carboxylic acids is 1. The van der Waals surface area contributed by atoms with E-state index in [9.17, 15) is 14.4 Å². The first-order valence-electron chi connectivity index (χ1n) is 10.6. The highest BCUT2D eigenvalue weighted by molar-refractivity contribution is 5.85. The van der Waals surface area contributed by atoms with Crippen molar-refractivity contribution in [2.45, 2.75) is 59.7 Å². The maximum Gasteiger partial charge on any atom is 0.337 e. The lowest BCUT2D eigenvalue weighted by atomic mass is 9.91. The molecule has 1 fully saturated rings. The van der Waals surface area contributed by atoms with Crippen LogP contribution in [0.4, 0.5) is 0 Å². The molecule has 2 aromatic heterocycles. The molecule has 164 valence electrons. The summed E-state index contributed by atoms with van der Waals surface area (Å²) < 4.78 is 9.94. The Labute approximate surface area is 180 Å². The van der Waals surface area contributed by atoms with Gasteiger partial charge in [0.1, 0.15) is 0 Å². The third-order valence-corrected chi connectivity index (χ3v) is 5.82. The van der Waals surface area contributed by atoms with E-state index in [0.717, 1.165) is 18.4 Å². The molecule has 8 nitrogen and oxygen atoms in total. The van der Waals surface area contributed by atoms with Crippen LogP contribution in [0, 0.1) is 12.3 Å². The Morgan fingerprint density at radius 1 is 1.23 bits per heavy atom. The van der Waals surface area contributed by atoms with E-state index in [1.807, 2.05) is 52.0 Å². The van der Waals surface area contributed by atoms with Crippen LogP contribution in [0.2, 0.25) is 0 Å². The molecule has 1 aliphatic rings. The summed E-state index contributed by atoms with van der Waals surface area (Å²) in [7, 11) is 0. The van der Waals surface area contributed by atoms with Gasteiger partial charge in [0.15, 0.2) is 16.9 Å². The molecule has 3 heterocycles. The van der Waals surface area contributed by atoms with Gasteiger partial charge in [-0.15, -0.1) is 0 Å². The molecule has 0 N–H and O–H groups in total. The number of benzene rings is 1. The van der Waals surface area contributed by atoms with Gasteiger partial charge in [0.2, 0.25) is 0 Å². The number of hydrogen-bond donors (Lipinski definition) is 0. The van der Waals surface area contributed by atoms with Gasteiger partial charge in [-0.3, -0.25) is 14.2 Å². The quantitative estimate of drug-likeness (QED) is 0.628. The van der Waals surface area contributed by atoms with Crippen LogP contribution in [0.25, 0.3) is 16.9 Å². The molecule has 31 heavy (non-hydrogen) atoms. The highest BCUT2D eigenvalue weighted by atomic mass is 16.5. The summed E-state index contributed by atoms with van der Waals surface area (Å²) in [5.41, 5.74) is 0.597. The lowest BCUT2D eigenvalue weighted by Gasteiger charge is -2.18. The first-order valence-corrected chi connectivity index (χ1v) is 10.6. The van der Waals surface area contributed by atoms with E-state index in [1.165, 1.54) is 15.5 Å². The molecule has 0 unspecified atom stereocenters. The van der Waals surface area contributed by atoms with Crippen LogP contribution < -0.4 is 11.2 Å². The van der Waals surface area contributed by atoms with Crippen LogP contribution in [0.1, 0.15) is 39.2 Å². The maximum atomic E-state index is 13.5. The SMILES string of the molecule is Cc1ccccc1-n1c(=O)n(C[C@@H]2CCCO2)c(=O)c2c1ncn2CC(=O)C(C)(C)C. The van der Waals surface area contributed by atoms with Gasteiger partial charge in [-0.25, -0.2) is 14.3 Å². The van der Waals surface area contributed by atoms with Crippen molar-refractivity contribution in [2.75, 3.05) is 6.61 Å². The van der Waals surface area contributed by atoms with Gasteiger partial charge in [0.25, 0.3) is 5.56 Å². The third kappa shape index (κ3) is 3.87. The van der Waals surface area contributed by atoms with Gasteiger partial charge in [0, 0.05) is 12.0 Å². The predicted molar refractivity (Wildman–Crippen MR) is 118 cm³/mol. The van der Waals surface area contributed by atoms with Gasteiger partial charge in [0.05, 0.1) is 31.2 Å². The molecule has 4 rings (SSSR count). The molecule has 8 heteroatoms. The summed E-state index contributed by atoms with van der Waals surface area (Å²) in [4.78, 5) is 44.0. The lowest BCUT2D eigenvalue weighted by molar-refractivity contribution is -0.126. The molecule has 1 atom stereocenters. The Morgan fingerprint density at radius 2 is 1.97 bits per heavy atom. The molecule has 0 bridgehead atoms. The zero-order valence-corrected chi connectivity index (χ0v) is 18.4. The molecule has 3 aromatic rings. The highest BCUT2D eigenvalue weighted by Gasteiger charge is 2.26. The second-order valence-corrected chi connectivity index (χ2v) is 9.17. The van der Waals surface area contributed by atoms with Crippen molar-refractivity contribution in [2.24, 2.45) is 5.41 Å². The molecule has 0 spiro atoms. The molecular weight excluding hydrogens is 396 g/mol. The number of Topliss-reactive ketones (excluding diaryl/α,β-unsaturated/α-hetero) is 1. The molecule has 0 radical (unpaired) electrons. The second kappa shape index (κ2) is 7.92. The van der Waals surface area contributed by atoms with Crippen molar-refractivity contribution in [3.63, 3.8) is 0 Å². The number of aryl methyl sites for hydroxylation is 1. The number of fused-ring (bicyclic) bond motifs is 1. The van der Waals surface area contributed by atoms with Gasteiger partial charge in [-0.05, 0) is 31.4 Å². The number of rotatable bonds is 5. The van der Waals surface area contributed by atoms with Crippen molar-refractivity contribution in [3.8, 4) is 5.69 Å². The van der Waals surface area contributed by atoms with Crippen LogP contribution in [-0.4, -0.2) is 37.2 Å². The minimum absolute atomic E-state index is 0.0150. The van der Waals surface area contributed by atoms with E-state index in [0.29, 0.717) is 12.3 Å². The number of ether oxygens (including phenoxy) is 1. The number of hydrogen-bond acceptors (Lipinski definition) is 5. The summed E-state index contributed by atoms with van der Waals surface area (Å²) in [6.45, 7) is 8.25. The second-order valence-electron chi connectivity index (χ2n) is 9.17. The minimum atomic E-state index is -0.558. The Morgan fingerprint density at radius 3 is 2.61 bits per heavy atom. The van der Waals surface area contributed by atoms with Crippen LogP contribution in [-0.2, 0) is 22.6 Å². The molecule has 0 aliphatic carbocycles. The highest BCUT2D eigenvalue weighted by Crippen LogP contribution is 2.20. The van der Waals surface area contributed by atoms with Crippen molar-refractivity contribution in [1.29, 1.82) is 0 Å². The Bertz CT molecular complexity index is 1250. The smallest absolute Gasteiger partial charge is 0.337 e. The van der Waals surface area contributed by atoms with Crippen molar-refractivity contribution in [3.05, 3.63) is 57.0 Å². The zero-order valence-electron chi connectivity index (χ0n) is 18.4. The average molecular weight is 425 g/mol. The van der Waals surface area contributed by atoms with Crippen LogP contribution in [0.5, 0.6) is 0 Å². The third-order valence-electron chi connectivity index (χ3n) is 5.82. The first kappa shape index (κ1) is 21.2. The van der Waals surface area contributed by atoms with Gasteiger partial charge in [-0.1, -0.05) is 39.0 Å². The fourth-order valence-electron chi connectivity index (χ4n) is 3.88. The molecule has 1 saturated heterocycles. The molecular formula is C23H28N4O4. The van der Waals surface area contributed by atoms with Crippen molar-refractivity contribution < 1.29 is 9.53 Å². The van der Waals surface area contributed by atoms with E-state index in [2.05, 4.69) is 4.98 Å². The Hall–Kier alpha value is -3.00. The first-order chi connectivity index (χ1) is 14.7. The van der Waals surface area contributed by atoms with E-state index < -0.39 is 16.7 Å². The fraction of sp³-hybridized carbons (Fsp3) is 0.478. The molecule has 1 aromatic carbocycles. The maximum absolute atomic E-state index is 13.5. The lowest BCUT2D eigenvalue weighted by Crippen LogP contribution is -2.42. The number of aromatic nitrogens is 4. The van der Waals surface area contributed by atoms with Gasteiger partial charge in [-0.2, -0.15) is 0 Å². The molecule has 0 saturated carbocycles. The summed E-state index contributed by atoms with van der Waals surface area (Å²) in [5, 5.41) is 0. The van der Waals surface area contributed by atoms with Crippen LogP contribution >= 0.6 is 0 Å². The predicted octanol–water partition coefficient (Wildman–Crippen LogP) is 2.45. The van der Waals surface area contributed by atoms with Gasteiger partial charge < -0.3 is 9.30 Å². The number of para-hydroxylation sites is 1. The van der Waals surface area contributed by atoms with Gasteiger partial charge >= 0.3 is 5.69 Å². The zero-order chi connectivity index (χ0) is 22.3. The average Bonchev–Trinajstić information content (AvgIpc) is 3.36.